The zero-order valence-electron chi connectivity index (χ0n) is 8.54. The molecular formula is C9H18N2O2. The van der Waals surface area contributed by atoms with Crippen LogP contribution in [0, 0.1) is 0 Å². The normalized spacial score (nSPS) is 10.8. The van der Waals surface area contributed by atoms with E-state index in [2.05, 4.69) is 15.0 Å². The molecule has 0 rings (SSSR count). The van der Waals surface area contributed by atoms with Gasteiger partial charge in [-0.3, -0.25) is 0 Å². The van der Waals surface area contributed by atoms with E-state index < -0.39 is 0 Å². The Bertz CT molecular complexity index is 167. The standard InChI is InChI=1S/C9H18N2O2/c1-11(2)8-4-6-10-7-5-9(12)13-3/h5,7,10H,4,6,8H2,1-3H3/b7-5+. The van der Waals surface area contributed by atoms with Gasteiger partial charge in [-0.1, -0.05) is 0 Å². The van der Waals surface area contributed by atoms with Crippen LogP contribution in [0.5, 0.6) is 0 Å². The van der Waals surface area contributed by atoms with Gasteiger partial charge in [-0.25, -0.2) is 4.79 Å². The number of ether oxygens (including phenoxy) is 1. The summed E-state index contributed by atoms with van der Waals surface area (Å²) < 4.78 is 4.42. The molecule has 0 aliphatic heterocycles. The number of nitrogens with one attached hydrogen (secondary N) is 1. The van der Waals surface area contributed by atoms with Gasteiger partial charge >= 0.3 is 5.97 Å². The summed E-state index contributed by atoms with van der Waals surface area (Å²) in [7, 11) is 5.42. The van der Waals surface area contributed by atoms with Crippen molar-refractivity contribution in [2.24, 2.45) is 0 Å². The van der Waals surface area contributed by atoms with E-state index in [1.165, 1.54) is 13.2 Å². The molecule has 0 aliphatic carbocycles. The first kappa shape index (κ1) is 12.0. The fourth-order valence-corrected chi connectivity index (χ4v) is 0.776. The zero-order valence-corrected chi connectivity index (χ0v) is 8.54. The van der Waals surface area contributed by atoms with Gasteiger partial charge in [0, 0.05) is 18.8 Å². The van der Waals surface area contributed by atoms with Gasteiger partial charge in [0.15, 0.2) is 0 Å². The number of hydrogen-bond donors (Lipinski definition) is 1. The first-order valence-corrected chi connectivity index (χ1v) is 4.29. The molecule has 0 aromatic heterocycles. The van der Waals surface area contributed by atoms with E-state index in [1.54, 1.807) is 6.20 Å². The Hall–Kier alpha value is -1.03. The van der Waals surface area contributed by atoms with Crippen LogP contribution in [0.1, 0.15) is 6.42 Å². The smallest absolute Gasteiger partial charge is 0.331 e. The van der Waals surface area contributed by atoms with Crippen LogP contribution in [-0.4, -0.2) is 45.2 Å². The van der Waals surface area contributed by atoms with Gasteiger partial charge < -0.3 is 15.0 Å². The van der Waals surface area contributed by atoms with Crippen molar-refractivity contribution in [2.45, 2.75) is 6.42 Å². The first-order chi connectivity index (χ1) is 6.16. The Kier molecular flexibility index (Phi) is 7.01. The molecule has 76 valence electrons. The van der Waals surface area contributed by atoms with Crippen LogP contribution in [-0.2, 0) is 9.53 Å². The van der Waals surface area contributed by atoms with E-state index in [0.29, 0.717) is 0 Å². The maximum absolute atomic E-state index is 10.6. The third kappa shape index (κ3) is 8.88. The summed E-state index contributed by atoms with van der Waals surface area (Å²) in [6.45, 7) is 1.91. The average molecular weight is 186 g/mol. The number of hydrogen-bond acceptors (Lipinski definition) is 4. The molecule has 0 bridgehead atoms. The monoisotopic (exact) mass is 186 g/mol. The molecule has 1 N–H and O–H groups in total. The number of carbonyl (C=O) groups is 1. The van der Waals surface area contributed by atoms with Gasteiger partial charge in [-0.05, 0) is 27.1 Å². The Morgan fingerprint density at radius 2 is 2.23 bits per heavy atom. The van der Waals surface area contributed by atoms with Crippen molar-refractivity contribution in [3.05, 3.63) is 12.3 Å². The van der Waals surface area contributed by atoms with Gasteiger partial charge in [0.05, 0.1) is 7.11 Å². The van der Waals surface area contributed by atoms with Gasteiger partial charge in [0.1, 0.15) is 0 Å². The zero-order chi connectivity index (χ0) is 10.1. The number of carbonyl (C=O) groups excluding carboxylic acids is 1. The summed E-state index contributed by atoms with van der Waals surface area (Å²) in [4.78, 5) is 12.7. The summed E-state index contributed by atoms with van der Waals surface area (Å²) in [5.74, 6) is -0.333. The lowest BCUT2D eigenvalue weighted by Gasteiger charge is -2.08. The van der Waals surface area contributed by atoms with E-state index in [1.807, 2.05) is 14.1 Å². The molecule has 0 aromatic carbocycles. The van der Waals surface area contributed by atoms with Gasteiger partial charge in [0.2, 0.25) is 0 Å². The molecule has 0 unspecified atom stereocenters. The molecule has 0 fully saturated rings. The topological polar surface area (TPSA) is 41.6 Å². The van der Waals surface area contributed by atoms with Gasteiger partial charge in [0.25, 0.3) is 0 Å². The maximum Gasteiger partial charge on any atom is 0.331 e. The summed E-state index contributed by atoms with van der Waals surface area (Å²) >= 11 is 0. The number of rotatable bonds is 6. The summed E-state index contributed by atoms with van der Waals surface area (Å²) in [5.41, 5.74) is 0. The van der Waals surface area contributed by atoms with Crippen molar-refractivity contribution < 1.29 is 9.53 Å². The van der Waals surface area contributed by atoms with E-state index >= 15 is 0 Å². The van der Waals surface area contributed by atoms with Gasteiger partial charge in [-0.15, -0.1) is 0 Å². The second-order valence-electron chi connectivity index (χ2n) is 2.97. The highest BCUT2D eigenvalue weighted by Crippen LogP contribution is 1.81. The molecule has 4 nitrogen and oxygen atoms in total. The molecule has 0 saturated heterocycles. The maximum atomic E-state index is 10.6. The average Bonchev–Trinajstić information content (AvgIpc) is 2.10. The molecule has 13 heavy (non-hydrogen) atoms. The van der Waals surface area contributed by atoms with Crippen molar-refractivity contribution in [1.29, 1.82) is 0 Å². The van der Waals surface area contributed by atoms with Crippen LogP contribution >= 0.6 is 0 Å². The van der Waals surface area contributed by atoms with Crippen LogP contribution in [0.15, 0.2) is 12.3 Å². The summed E-state index contributed by atoms with van der Waals surface area (Å²) in [6.07, 6.45) is 4.04. The molecular weight excluding hydrogens is 168 g/mol. The molecule has 0 heterocycles. The Morgan fingerprint density at radius 3 is 2.77 bits per heavy atom. The third-order valence-electron chi connectivity index (χ3n) is 1.46. The highest BCUT2D eigenvalue weighted by Gasteiger charge is 1.90. The Morgan fingerprint density at radius 1 is 1.54 bits per heavy atom. The molecule has 0 saturated carbocycles. The van der Waals surface area contributed by atoms with Crippen molar-refractivity contribution >= 4 is 5.97 Å². The lowest BCUT2D eigenvalue weighted by molar-refractivity contribution is -0.134. The first-order valence-electron chi connectivity index (χ1n) is 4.29. The predicted molar refractivity (Wildman–Crippen MR) is 52.3 cm³/mol. The van der Waals surface area contributed by atoms with Crippen molar-refractivity contribution in [3.8, 4) is 0 Å². The Labute approximate surface area is 79.6 Å². The summed E-state index contributed by atoms with van der Waals surface area (Å²) in [5, 5.41) is 3.00. The van der Waals surface area contributed by atoms with Crippen LogP contribution in [0.25, 0.3) is 0 Å². The van der Waals surface area contributed by atoms with Crippen LogP contribution in [0.2, 0.25) is 0 Å². The molecule has 0 radical (unpaired) electrons. The third-order valence-corrected chi connectivity index (χ3v) is 1.46. The SMILES string of the molecule is COC(=O)/C=C/NCCCN(C)C. The van der Waals surface area contributed by atoms with Crippen molar-refractivity contribution in [1.82, 2.24) is 10.2 Å². The van der Waals surface area contributed by atoms with Crippen LogP contribution in [0.4, 0.5) is 0 Å². The van der Waals surface area contributed by atoms with E-state index in [-0.39, 0.29) is 5.97 Å². The van der Waals surface area contributed by atoms with E-state index in [0.717, 1.165) is 19.5 Å². The molecule has 0 aliphatic rings. The quantitative estimate of drug-likeness (QED) is 0.366. The fraction of sp³-hybridized carbons (Fsp3) is 0.667. The lowest BCUT2D eigenvalue weighted by Crippen LogP contribution is -2.18. The Balaban J connectivity index is 3.25. The summed E-state index contributed by atoms with van der Waals surface area (Å²) in [6, 6.07) is 0. The number of nitrogens with zero attached hydrogens (tertiary/aromatic N) is 1. The van der Waals surface area contributed by atoms with Crippen molar-refractivity contribution in [2.75, 3.05) is 34.3 Å². The molecule has 0 amide bonds. The van der Waals surface area contributed by atoms with E-state index in [9.17, 15) is 4.79 Å². The molecule has 0 atom stereocenters. The lowest BCUT2D eigenvalue weighted by atomic mass is 10.4. The predicted octanol–water partition coefficient (Wildman–Crippen LogP) is 0.214. The highest BCUT2D eigenvalue weighted by atomic mass is 16.5. The van der Waals surface area contributed by atoms with Gasteiger partial charge in [-0.2, -0.15) is 0 Å². The molecule has 0 spiro atoms. The fourth-order valence-electron chi connectivity index (χ4n) is 0.776. The van der Waals surface area contributed by atoms with Crippen LogP contribution in [0.3, 0.4) is 0 Å². The highest BCUT2D eigenvalue weighted by molar-refractivity contribution is 5.81. The minimum atomic E-state index is -0.333. The van der Waals surface area contributed by atoms with Crippen LogP contribution < -0.4 is 5.32 Å². The molecule has 4 heteroatoms. The second kappa shape index (κ2) is 7.61. The minimum Gasteiger partial charge on any atom is -0.466 e. The minimum absolute atomic E-state index is 0.333. The number of methoxy groups -OCH3 is 1. The largest absolute Gasteiger partial charge is 0.466 e. The van der Waals surface area contributed by atoms with E-state index in [4.69, 9.17) is 0 Å². The second-order valence-corrected chi connectivity index (χ2v) is 2.97. The molecule has 0 aromatic rings. The number of esters is 1. The van der Waals surface area contributed by atoms with Crippen molar-refractivity contribution in [3.63, 3.8) is 0 Å².